The van der Waals surface area contributed by atoms with E-state index in [9.17, 15) is 53.1 Å². The molecule has 2 saturated heterocycles. The number of ketones is 1. The number of carbonyl (C=O) groups is 10. The largest absolute Gasteiger partial charge is 0.497 e. The van der Waals surface area contributed by atoms with Gasteiger partial charge in [0.25, 0.3) is 5.91 Å². The maximum Gasteiger partial charge on any atom is 0.349 e. The Hall–Kier alpha value is -7.69. The number of nitrogens with one attached hydrogen (secondary N) is 4. The first-order valence-corrected chi connectivity index (χ1v) is 28.9. The fourth-order valence-electron chi connectivity index (χ4n) is 10.4. The molecule has 0 bridgehead atoms. The van der Waals surface area contributed by atoms with Crippen LogP contribution in [0.25, 0.3) is 11.0 Å². The summed E-state index contributed by atoms with van der Waals surface area (Å²) in [5.41, 5.74) is -0.498. The lowest BCUT2D eigenvalue weighted by atomic mass is 9.91. The molecule has 2 aliphatic rings. The third-order valence-electron chi connectivity index (χ3n) is 15.6. The van der Waals surface area contributed by atoms with Gasteiger partial charge in [0.1, 0.15) is 53.2 Å². The summed E-state index contributed by atoms with van der Waals surface area (Å²) >= 11 is 0. The van der Waals surface area contributed by atoms with E-state index in [0.29, 0.717) is 29.5 Å². The summed E-state index contributed by atoms with van der Waals surface area (Å²) < 4.78 is 22.5. The van der Waals surface area contributed by atoms with Gasteiger partial charge in [-0.25, -0.2) is 9.59 Å². The molecule has 7 amide bonds. The van der Waals surface area contributed by atoms with Crippen molar-refractivity contribution in [1.82, 2.24) is 36.0 Å². The number of methoxy groups -OCH3 is 1. The second-order valence-corrected chi connectivity index (χ2v) is 23.3. The van der Waals surface area contributed by atoms with Gasteiger partial charge < -0.3 is 59.7 Å². The third kappa shape index (κ3) is 17.2. The highest BCUT2D eigenvalue weighted by Gasteiger charge is 2.45. The minimum atomic E-state index is -1.81. The second-order valence-electron chi connectivity index (χ2n) is 23.3. The molecule has 5 rings (SSSR count). The molecular weight excluding hydrogens is 1090 g/mol. The van der Waals surface area contributed by atoms with Gasteiger partial charge in [-0.15, -0.1) is 0 Å². The molecule has 84 heavy (non-hydrogen) atoms. The van der Waals surface area contributed by atoms with Gasteiger partial charge in [-0.2, -0.15) is 0 Å². The van der Waals surface area contributed by atoms with Crippen LogP contribution in [0.3, 0.4) is 0 Å². The lowest BCUT2D eigenvalue weighted by Crippen LogP contribution is -2.61. The molecule has 23 nitrogen and oxygen atoms in total. The molecule has 3 heterocycles. The Morgan fingerprint density at radius 3 is 2.15 bits per heavy atom. The lowest BCUT2D eigenvalue weighted by molar-refractivity contribution is -0.163. The summed E-state index contributed by atoms with van der Waals surface area (Å²) in [4.78, 5) is 160. The zero-order valence-corrected chi connectivity index (χ0v) is 50.6. The van der Waals surface area contributed by atoms with Crippen LogP contribution in [0.15, 0.2) is 63.8 Å². The van der Waals surface area contributed by atoms with E-state index >= 15 is 4.79 Å². The molecule has 0 saturated carbocycles. The van der Waals surface area contributed by atoms with Crippen LogP contribution < -0.4 is 31.6 Å². The van der Waals surface area contributed by atoms with E-state index in [1.165, 1.54) is 50.9 Å². The average Bonchev–Trinajstić information content (AvgIpc) is 4.12. The molecule has 5 N–H and O–H groups in total. The minimum Gasteiger partial charge on any atom is -0.497 e. The summed E-state index contributed by atoms with van der Waals surface area (Å²) in [5.74, 6) is -11.1. The molecule has 2 aromatic carbocycles. The van der Waals surface area contributed by atoms with E-state index in [2.05, 4.69) is 21.3 Å². The number of hydrogen-bond donors (Lipinski definition) is 5. The predicted molar refractivity (Wildman–Crippen MR) is 309 cm³/mol. The highest BCUT2D eigenvalue weighted by Crippen LogP contribution is 2.26. The Morgan fingerprint density at radius 2 is 1.54 bits per heavy atom. The summed E-state index contributed by atoms with van der Waals surface area (Å²) in [6.07, 6.45) is -4.61. The maximum absolute atomic E-state index is 15.0. The fourth-order valence-corrected chi connectivity index (χ4v) is 10.4. The predicted octanol–water partition coefficient (Wildman–Crippen LogP) is 3.48. The van der Waals surface area contributed by atoms with Crippen molar-refractivity contribution >= 4 is 70.0 Å². The van der Waals surface area contributed by atoms with Gasteiger partial charge >= 0.3 is 17.6 Å². The smallest absolute Gasteiger partial charge is 0.349 e. The third-order valence-corrected chi connectivity index (χ3v) is 15.6. The van der Waals surface area contributed by atoms with E-state index in [0.717, 1.165) is 4.90 Å². The fraction of sp³-hybridized carbons (Fsp3) is 0.590. The SMILES string of the molecule is CC[C@H](C)[C@H]1NC(=O)[C@H](NC(=O)[C@@H](CC(C)C)N(C)C(=O)CNC(=O)c2cc3ccccc3oc2=O)[C@@H](C)OC(=O)[C@H](Cc2ccc(OC)cc2)N(C)C(=O)[C@@H]2CCCN2C(=O)[C@H](CC(C)C)NC(=O)[C@@H](C)C(=O)[C@H](C(C)C)OC(=O)C[C@@H]1O. The van der Waals surface area contributed by atoms with Crippen LogP contribution in [0, 0.1) is 29.6 Å². The molecule has 0 unspecified atom stereocenters. The number of aliphatic hydroxyl groups excluding tert-OH is 1. The number of ether oxygens (including phenoxy) is 3. The van der Waals surface area contributed by atoms with E-state index in [1.807, 2.05) is 13.8 Å². The van der Waals surface area contributed by atoms with Crippen molar-refractivity contribution < 1.29 is 71.7 Å². The topological polar surface area (TPSA) is 307 Å². The first-order chi connectivity index (χ1) is 39.6. The van der Waals surface area contributed by atoms with Gasteiger partial charge in [0, 0.05) is 32.4 Å². The molecule has 460 valence electrons. The van der Waals surface area contributed by atoms with Gasteiger partial charge in [0.2, 0.25) is 35.4 Å². The van der Waals surface area contributed by atoms with Crippen LogP contribution in [0.2, 0.25) is 0 Å². The number of benzene rings is 2. The number of carbonyl (C=O) groups excluding carboxylic acids is 10. The van der Waals surface area contributed by atoms with Crippen molar-refractivity contribution in [3.63, 3.8) is 0 Å². The van der Waals surface area contributed by atoms with Crippen LogP contribution in [0.4, 0.5) is 0 Å². The number of nitrogens with zero attached hydrogens (tertiary/aromatic N) is 3. The Kier molecular flexibility index (Phi) is 24.1. The zero-order valence-electron chi connectivity index (χ0n) is 50.6. The highest BCUT2D eigenvalue weighted by molar-refractivity contribution is 6.05. The summed E-state index contributed by atoms with van der Waals surface area (Å²) in [7, 11) is 4.18. The average molecular weight is 1170 g/mol. The molecule has 23 heteroatoms. The minimum absolute atomic E-state index is 0.00767. The summed E-state index contributed by atoms with van der Waals surface area (Å²) in [6.45, 7) is 16.0. The first-order valence-electron chi connectivity index (χ1n) is 28.9. The van der Waals surface area contributed by atoms with Gasteiger partial charge in [0.15, 0.2) is 11.9 Å². The number of amides is 7. The summed E-state index contributed by atoms with van der Waals surface area (Å²) in [5, 5.41) is 22.9. The van der Waals surface area contributed by atoms with Crippen molar-refractivity contribution in [2.75, 3.05) is 34.3 Å². The molecular formula is C61H85N7O16. The monoisotopic (exact) mass is 1170 g/mol. The standard InChI is InChI=1S/C61H85N7O16/c1-14-35(8)50-46(69)30-49(71)84-53(34(6)7)52(72)36(9)54(73)63-42(26-32(2)3)58(77)68-25-17-19-43(68)59(78)67(12)45(28-38-21-23-40(81-13)24-22-38)61(80)82-37(10)51(57(76)64-50)65-56(75)44(27-33(4)5)66(11)48(70)31-62-55(74)41-29-39-18-15-16-20-47(39)83-60(41)79/h15-16,18,20-24,29,32-37,42-46,50-51,53,69H,14,17,19,25-28,30-31H2,1-13H3,(H,62,74)(H,63,73)(H,64,76)(H,65,75)/t35-,36-,37+,42-,43-,44+,45-,46-,50+,51+,53-/m0/s1. The Balaban J connectivity index is 1.58. The first kappa shape index (κ1) is 67.1. The van der Waals surface area contributed by atoms with Crippen molar-refractivity contribution in [2.45, 2.75) is 169 Å². The lowest BCUT2D eigenvalue weighted by Gasteiger charge is -2.36. The van der Waals surface area contributed by atoms with E-state index in [-0.39, 0.29) is 55.2 Å². The molecule has 2 fully saturated rings. The molecule has 2 aliphatic heterocycles. The second kappa shape index (κ2) is 30.2. The molecule has 0 radical (unpaired) electrons. The van der Waals surface area contributed by atoms with Crippen LogP contribution in [-0.2, 0) is 59.0 Å². The number of para-hydroxylation sites is 1. The summed E-state index contributed by atoms with van der Waals surface area (Å²) in [6, 6.07) is 6.41. The molecule has 11 atom stereocenters. The van der Waals surface area contributed by atoms with E-state index < -0.39 is 150 Å². The highest BCUT2D eigenvalue weighted by atomic mass is 16.6. The Labute approximate surface area is 490 Å². The van der Waals surface area contributed by atoms with Crippen molar-refractivity contribution in [3.05, 3.63) is 76.1 Å². The van der Waals surface area contributed by atoms with Crippen LogP contribution in [-0.4, -0.2) is 168 Å². The Morgan fingerprint density at radius 1 is 0.869 bits per heavy atom. The number of aliphatic hydroxyl groups is 1. The van der Waals surface area contributed by atoms with Gasteiger partial charge in [0.05, 0.1) is 38.1 Å². The van der Waals surface area contributed by atoms with E-state index in [1.54, 1.807) is 90.1 Å². The zero-order chi connectivity index (χ0) is 62.4. The van der Waals surface area contributed by atoms with Gasteiger partial charge in [-0.05, 0) is 93.0 Å². The number of cyclic esters (lactones) is 2. The molecule has 1 aromatic heterocycles. The number of fused-ring (bicyclic) bond motifs is 2. The maximum atomic E-state index is 15.0. The number of rotatable bonds is 16. The van der Waals surface area contributed by atoms with E-state index in [4.69, 9.17) is 18.6 Å². The molecule has 0 aliphatic carbocycles. The Bertz CT molecular complexity index is 2930. The normalized spacial score (nSPS) is 24.4. The number of esters is 2. The molecule has 3 aromatic rings. The van der Waals surface area contributed by atoms with Gasteiger partial charge in [-0.3, -0.25) is 43.2 Å². The van der Waals surface area contributed by atoms with Crippen molar-refractivity contribution in [3.8, 4) is 5.75 Å². The van der Waals surface area contributed by atoms with Crippen LogP contribution >= 0.6 is 0 Å². The number of hydrogen-bond acceptors (Lipinski definition) is 16. The van der Waals surface area contributed by atoms with Crippen LogP contribution in [0.5, 0.6) is 5.75 Å². The molecule has 0 spiro atoms. The van der Waals surface area contributed by atoms with Crippen molar-refractivity contribution in [1.29, 1.82) is 0 Å². The quantitative estimate of drug-likeness (QED) is 0.0779. The van der Waals surface area contributed by atoms with Gasteiger partial charge in [-0.1, -0.05) is 92.1 Å². The number of Topliss-reactive ketones (excluding diaryl/α,β-unsaturated/α-hetero) is 1. The van der Waals surface area contributed by atoms with Crippen LogP contribution in [0.1, 0.15) is 124 Å². The number of likely N-dealkylation sites (N-methyl/N-ethyl adjacent to an activating group) is 2. The van der Waals surface area contributed by atoms with Crippen molar-refractivity contribution in [2.24, 2.45) is 29.6 Å².